The summed E-state index contributed by atoms with van der Waals surface area (Å²) in [6, 6.07) is 12.3. The van der Waals surface area contributed by atoms with Crippen LogP contribution >= 0.6 is 11.8 Å². The van der Waals surface area contributed by atoms with Gasteiger partial charge >= 0.3 is 5.97 Å². The second kappa shape index (κ2) is 6.69. The van der Waals surface area contributed by atoms with Crippen LogP contribution in [0.2, 0.25) is 0 Å². The van der Waals surface area contributed by atoms with E-state index in [9.17, 15) is 14.7 Å². The van der Waals surface area contributed by atoms with Crippen molar-refractivity contribution in [3.63, 3.8) is 0 Å². The molecule has 0 aliphatic carbocycles. The molecule has 2 atom stereocenters. The number of carbonyl (C=O) groups excluding carboxylic acids is 1. The van der Waals surface area contributed by atoms with Gasteiger partial charge in [-0.05, 0) is 42.2 Å². The SMILES string of the molecule is Cc1cccc(C(NC(=O)C2CSc3ccccc32)C(=O)O)c1C. The summed E-state index contributed by atoms with van der Waals surface area (Å²) in [7, 11) is 0. The molecule has 0 radical (unpaired) electrons. The quantitative estimate of drug-likeness (QED) is 0.894. The molecule has 1 aliphatic rings. The van der Waals surface area contributed by atoms with E-state index >= 15 is 0 Å². The third-order valence-electron chi connectivity index (χ3n) is 4.51. The summed E-state index contributed by atoms with van der Waals surface area (Å²) in [5.41, 5.74) is 3.51. The number of amides is 1. The minimum absolute atomic E-state index is 0.235. The first-order valence-corrected chi connectivity index (χ1v) is 8.78. The van der Waals surface area contributed by atoms with Gasteiger partial charge in [-0.2, -0.15) is 0 Å². The Morgan fingerprint density at radius 1 is 1.17 bits per heavy atom. The number of hydrogen-bond acceptors (Lipinski definition) is 3. The monoisotopic (exact) mass is 341 g/mol. The topological polar surface area (TPSA) is 66.4 Å². The van der Waals surface area contributed by atoms with E-state index in [4.69, 9.17) is 0 Å². The molecule has 24 heavy (non-hydrogen) atoms. The van der Waals surface area contributed by atoms with Gasteiger partial charge in [-0.3, -0.25) is 4.79 Å². The van der Waals surface area contributed by atoms with E-state index in [-0.39, 0.29) is 11.8 Å². The fraction of sp³-hybridized carbons (Fsp3) is 0.263. The van der Waals surface area contributed by atoms with Crippen LogP contribution in [0.15, 0.2) is 47.4 Å². The number of fused-ring (bicyclic) bond motifs is 1. The zero-order valence-corrected chi connectivity index (χ0v) is 14.4. The molecule has 0 fully saturated rings. The van der Waals surface area contributed by atoms with Crippen LogP contribution in [0.3, 0.4) is 0 Å². The molecule has 4 nitrogen and oxygen atoms in total. The van der Waals surface area contributed by atoms with Crippen LogP contribution in [0.25, 0.3) is 0 Å². The normalized spacial score (nSPS) is 17.2. The molecule has 1 amide bonds. The molecule has 5 heteroatoms. The van der Waals surface area contributed by atoms with Crippen LogP contribution in [0.1, 0.15) is 34.2 Å². The van der Waals surface area contributed by atoms with Crippen LogP contribution in [0.4, 0.5) is 0 Å². The zero-order valence-electron chi connectivity index (χ0n) is 13.6. The first-order chi connectivity index (χ1) is 11.5. The molecular weight excluding hydrogens is 322 g/mol. The van der Waals surface area contributed by atoms with Crippen LogP contribution in [0.5, 0.6) is 0 Å². The Kier molecular flexibility index (Phi) is 4.62. The van der Waals surface area contributed by atoms with Gasteiger partial charge in [0, 0.05) is 10.6 Å². The zero-order chi connectivity index (χ0) is 17.3. The molecule has 0 aromatic heterocycles. The molecule has 2 N–H and O–H groups in total. The maximum absolute atomic E-state index is 12.7. The van der Waals surface area contributed by atoms with Gasteiger partial charge in [-0.1, -0.05) is 36.4 Å². The molecule has 2 unspecified atom stereocenters. The first kappa shape index (κ1) is 16.6. The summed E-state index contributed by atoms with van der Waals surface area (Å²) in [5, 5.41) is 12.3. The fourth-order valence-electron chi connectivity index (χ4n) is 2.98. The number of thioether (sulfide) groups is 1. The van der Waals surface area contributed by atoms with Crippen molar-refractivity contribution in [2.45, 2.75) is 30.7 Å². The number of aryl methyl sites for hydroxylation is 1. The van der Waals surface area contributed by atoms with Crippen LogP contribution in [-0.4, -0.2) is 22.7 Å². The lowest BCUT2D eigenvalue weighted by atomic mass is 9.95. The molecule has 2 aromatic rings. The highest BCUT2D eigenvalue weighted by atomic mass is 32.2. The van der Waals surface area contributed by atoms with Gasteiger partial charge in [-0.25, -0.2) is 4.79 Å². The number of benzene rings is 2. The Balaban J connectivity index is 1.86. The Morgan fingerprint density at radius 2 is 1.92 bits per heavy atom. The van der Waals surface area contributed by atoms with E-state index in [1.807, 2.05) is 50.2 Å². The lowest BCUT2D eigenvalue weighted by Crippen LogP contribution is -2.37. The van der Waals surface area contributed by atoms with Crippen LogP contribution in [-0.2, 0) is 9.59 Å². The highest BCUT2D eigenvalue weighted by Gasteiger charge is 2.32. The summed E-state index contributed by atoms with van der Waals surface area (Å²) in [5.74, 6) is -0.945. The average molecular weight is 341 g/mol. The predicted molar refractivity (Wildman–Crippen MR) is 94.3 cm³/mol. The van der Waals surface area contributed by atoms with Gasteiger partial charge in [0.15, 0.2) is 6.04 Å². The number of carboxylic acids is 1. The Hall–Kier alpha value is -2.27. The van der Waals surface area contributed by atoms with E-state index in [0.29, 0.717) is 11.3 Å². The number of nitrogens with one attached hydrogen (secondary N) is 1. The van der Waals surface area contributed by atoms with Crippen molar-refractivity contribution in [3.8, 4) is 0 Å². The highest BCUT2D eigenvalue weighted by Crippen LogP contribution is 2.39. The summed E-state index contributed by atoms with van der Waals surface area (Å²) in [6.45, 7) is 3.82. The average Bonchev–Trinajstić information content (AvgIpc) is 2.99. The lowest BCUT2D eigenvalue weighted by Gasteiger charge is -2.20. The third-order valence-corrected chi connectivity index (χ3v) is 5.69. The van der Waals surface area contributed by atoms with Gasteiger partial charge < -0.3 is 10.4 Å². The molecule has 0 bridgehead atoms. The van der Waals surface area contributed by atoms with E-state index in [1.165, 1.54) is 0 Å². The summed E-state index contributed by atoms with van der Waals surface area (Å²) in [4.78, 5) is 25.5. The predicted octanol–water partition coefficient (Wildman–Crippen LogP) is 3.43. The van der Waals surface area contributed by atoms with Gasteiger partial charge in [0.05, 0.1) is 5.92 Å². The third kappa shape index (κ3) is 3.04. The second-order valence-corrected chi connectivity index (χ2v) is 7.03. The summed E-state index contributed by atoms with van der Waals surface area (Å²) >= 11 is 1.63. The van der Waals surface area contributed by atoms with E-state index in [2.05, 4.69) is 5.32 Å². The molecule has 1 heterocycles. The number of rotatable bonds is 4. The van der Waals surface area contributed by atoms with Gasteiger partial charge in [0.2, 0.25) is 5.91 Å². The van der Waals surface area contributed by atoms with Crippen molar-refractivity contribution >= 4 is 23.6 Å². The van der Waals surface area contributed by atoms with E-state index in [1.54, 1.807) is 17.8 Å². The maximum atomic E-state index is 12.7. The molecule has 2 aromatic carbocycles. The van der Waals surface area contributed by atoms with Crippen molar-refractivity contribution in [2.24, 2.45) is 0 Å². The number of carboxylic acid groups (broad SMARTS) is 1. The minimum Gasteiger partial charge on any atom is -0.479 e. The Bertz CT molecular complexity index is 803. The molecule has 0 saturated heterocycles. The molecule has 3 rings (SSSR count). The highest BCUT2D eigenvalue weighted by molar-refractivity contribution is 7.99. The Morgan fingerprint density at radius 3 is 2.67 bits per heavy atom. The van der Waals surface area contributed by atoms with Crippen LogP contribution < -0.4 is 5.32 Å². The number of aliphatic carboxylic acids is 1. The summed E-state index contributed by atoms with van der Waals surface area (Å²) in [6.07, 6.45) is 0. The maximum Gasteiger partial charge on any atom is 0.330 e. The molecule has 0 spiro atoms. The van der Waals surface area contributed by atoms with Gasteiger partial charge in [0.25, 0.3) is 0 Å². The van der Waals surface area contributed by atoms with Crippen molar-refractivity contribution in [1.82, 2.24) is 5.32 Å². The second-order valence-electron chi connectivity index (χ2n) is 5.97. The number of carbonyl (C=O) groups is 2. The Labute approximate surface area is 145 Å². The molecular formula is C19H19NO3S. The van der Waals surface area contributed by atoms with E-state index in [0.717, 1.165) is 21.6 Å². The van der Waals surface area contributed by atoms with E-state index < -0.39 is 12.0 Å². The number of hydrogen-bond donors (Lipinski definition) is 2. The smallest absolute Gasteiger partial charge is 0.330 e. The van der Waals surface area contributed by atoms with Crippen molar-refractivity contribution in [2.75, 3.05) is 5.75 Å². The lowest BCUT2D eigenvalue weighted by molar-refractivity contribution is -0.142. The van der Waals surface area contributed by atoms with Gasteiger partial charge in [0.1, 0.15) is 0 Å². The molecule has 124 valence electrons. The van der Waals surface area contributed by atoms with Crippen LogP contribution in [0, 0.1) is 13.8 Å². The van der Waals surface area contributed by atoms with Crippen molar-refractivity contribution < 1.29 is 14.7 Å². The van der Waals surface area contributed by atoms with Crippen molar-refractivity contribution in [1.29, 1.82) is 0 Å². The minimum atomic E-state index is -1.05. The molecule has 1 aliphatic heterocycles. The largest absolute Gasteiger partial charge is 0.479 e. The molecule has 0 saturated carbocycles. The standard InChI is InChI=1S/C19H19NO3S/c1-11-6-5-8-13(12(11)2)17(19(22)23)20-18(21)15-10-24-16-9-4-3-7-14(15)16/h3-9,15,17H,10H2,1-2H3,(H,20,21)(H,22,23). The van der Waals surface area contributed by atoms with Gasteiger partial charge in [-0.15, -0.1) is 11.8 Å². The summed E-state index contributed by atoms with van der Waals surface area (Å²) < 4.78 is 0. The fourth-order valence-corrected chi connectivity index (χ4v) is 4.21. The van der Waals surface area contributed by atoms with Crippen molar-refractivity contribution in [3.05, 3.63) is 64.7 Å². The first-order valence-electron chi connectivity index (χ1n) is 7.80.